The van der Waals surface area contributed by atoms with E-state index in [0.717, 1.165) is 12.1 Å². The number of phenolic OH excluding ortho intramolecular Hbond substituents is 2. The van der Waals surface area contributed by atoms with Gasteiger partial charge in [-0.15, -0.1) is 0 Å². The molecule has 20 heavy (non-hydrogen) atoms. The lowest BCUT2D eigenvalue weighted by Crippen LogP contribution is -2.40. The van der Waals surface area contributed by atoms with E-state index in [1.165, 1.54) is 38.2 Å². The van der Waals surface area contributed by atoms with Gasteiger partial charge < -0.3 is 15.5 Å². The van der Waals surface area contributed by atoms with Gasteiger partial charge in [-0.25, -0.2) is 0 Å². The number of phenols is 2. The van der Waals surface area contributed by atoms with Crippen LogP contribution in [0.25, 0.3) is 0 Å². The second-order valence-corrected chi connectivity index (χ2v) is 7.07. The molecule has 3 N–H and O–H groups in total. The van der Waals surface area contributed by atoms with Crippen molar-refractivity contribution in [2.45, 2.75) is 49.8 Å². The van der Waals surface area contributed by atoms with E-state index in [2.05, 4.69) is 11.6 Å². The molecule has 1 atom stereocenters. The van der Waals surface area contributed by atoms with E-state index >= 15 is 0 Å². The molecule has 0 heterocycles. The fourth-order valence-corrected chi connectivity index (χ4v) is 3.91. The Bertz CT molecular complexity index is 444. The first-order valence-corrected chi connectivity index (χ1v) is 8.59. The highest BCUT2D eigenvalue weighted by Crippen LogP contribution is 2.38. The summed E-state index contributed by atoms with van der Waals surface area (Å²) in [5.74, 6) is 0.438. The third kappa shape index (κ3) is 3.61. The van der Waals surface area contributed by atoms with Crippen molar-refractivity contribution < 1.29 is 10.2 Å². The largest absolute Gasteiger partial charge is 0.508 e. The average molecular weight is 295 g/mol. The van der Waals surface area contributed by atoms with Crippen LogP contribution in [0.15, 0.2) is 18.2 Å². The first-order valence-electron chi connectivity index (χ1n) is 7.37. The van der Waals surface area contributed by atoms with Crippen LogP contribution in [0.1, 0.15) is 50.6 Å². The third-order valence-electron chi connectivity index (χ3n) is 4.41. The molecule has 0 aliphatic heterocycles. The second kappa shape index (κ2) is 6.72. The van der Waals surface area contributed by atoms with Gasteiger partial charge in [-0.05, 0) is 44.2 Å². The third-order valence-corrected chi connectivity index (χ3v) is 5.82. The highest BCUT2D eigenvalue weighted by atomic mass is 32.2. The van der Waals surface area contributed by atoms with Crippen LogP contribution >= 0.6 is 11.8 Å². The molecule has 2 rings (SSSR count). The van der Waals surface area contributed by atoms with Crippen LogP contribution in [0.5, 0.6) is 11.5 Å². The lowest BCUT2D eigenvalue weighted by atomic mass is 9.88. The number of rotatable bonds is 5. The molecule has 0 amide bonds. The van der Waals surface area contributed by atoms with Crippen molar-refractivity contribution in [3.8, 4) is 11.5 Å². The van der Waals surface area contributed by atoms with Gasteiger partial charge in [0.05, 0.1) is 0 Å². The molecule has 1 aromatic rings. The predicted octanol–water partition coefficient (Wildman–Crippen LogP) is 3.81. The molecule has 0 radical (unpaired) electrons. The summed E-state index contributed by atoms with van der Waals surface area (Å²) in [6.07, 6.45) is 8.71. The molecule has 1 aliphatic rings. The van der Waals surface area contributed by atoms with Crippen molar-refractivity contribution in [3.63, 3.8) is 0 Å². The Morgan fingerprint density at radius 1 is 1.25 bits per heavy atom. The van der Waals surface area contributed by atoms with Crippen molar-refractivity contribution in [2.24, 2.45) is 0 Å². The molecule has 0 spiro atoms. The Balaban J connectivity index is 2.00. The van der Waals surface area contributed by atoms with Crippen LogP contribution in [0, 0.1) is 0 Å². The molecular weight excluding hydrogens is 270 g/mol. The lowest BCUT2D eigenvalue weighted by Gasteiger charge is -2.37. The number of hydrogen-bond donors (Lipinski definition) is 3. The van der Waals surface area contributed by atoms with E-state index < -0.39 is 0 Å². The lowest BCUT2D eigenvalue weighted by molar-refractivity contribution is 0.363. The Kier molecular flexibility index (Phi) is 5.22. The van der Waals surface area contributed by atoms with Crippen molar-refractivity contribution in [3.05, 3.63) is 23.8 Å². The van der Waals surface area contributed by atoms with Gasteiger partial charge in [0.2, 0.25) is 0 Å². The number of thioether (sulfide) groups is 1. The normalized spacial score (nSPS) is 19.7. The summed E-state index contributed by atoms with van der Waals surface area (Å²) in [6, 6.07) is 4.73. The number of aromatic hydroxyl groups is 2. The van der Waals surface area contributed by atoms with E-state index in [1.807, 2.05) is 18.7 Å². The Hall–Kier alpha value is -0.870. The Morgan fingerprint density at radius 2 is 1.95 bits per heavy atom. The van der Waals surface area contributed by atoms with Crippen LogP contribution < -0.4 is 5.32 Å². The minimum absolute atomic E-state index is 0.0352. The maximum Gasteiger partial charge on any atom is 0.120 e. The quantitative estimate of drug-likeness (QED) is 0.723. The molecule has 0 aromatic heterocycles. The maximum absolute atomic E-state index is 9.91. The fraction of sp³-hybridized carbons (Fsp3) is 0.625. The Labute approximate surface area is 125 Å². The average Bonchev–Trinajstić information content (AvgIpc) is 2.48. The molecular formula is C16H25NO2S. The molecule has 1 unspecified atom stereocenters. The summed E-state index contributed by atoms with van der Waals surface area (Å²) in [5, 5.41) is 23.0. The van der Waals surface area contributed by atoms with E-state index in [1.54, 1.807) is 12.1 Å². The van der Waals surface area contributed by atoms with Gasteiger partial charge in [0.25, 0.3) is 0 Å². The highest BCUT2D eigenvalue weighted by Gasteiger charge is 2.31. The van der Waals surface area contributed by atoms with Gasteiger partial charge in [0, 0.05) is 22.9 Å². The molecule has 0 bridgehead atoms. The molecule has 112 valence electrons. The predicted molar refractivity (Wildman–Crippen MR) is 85.5 cm³/mol. The number of benzene rings is 1. The second-order valence-electron chi connectivity index (χ2n) is 5.79. The highest BCUT2D eigenvalue weighted by molar-refractivity contribution is 8.00. The Morgan fingerprint density at radius 3 is 2.60 bits per heavy atom. The summed E-state index contributed by atoms with van der Waals surface area (Å²) >= 11 is 1.96. The van der Waals surface area contributed by atoms with Gasteiger partial charge in [0.15, 0.2) is 0 Å². The standard InChI is InChI=1S/C16H25NO2S/c1-12(14-10-13(18)6-7-15(14)19)17-11-16(20-2)8-4-3-5-9-16/h6-7,10,12,17-19H,3-5,8-9,11H2,1-2H3. The van der Waals surface area contributed by atoms with Crippen LogP contribution in [0.4, 0.5) is 0 Å². The first kappa shape index (κ1) is 15.5. The summed E-state index contributed by atoms with van der Waals surface area (Å²) < 4.78 is 0.332. The smallest absolute Gasteiger partial charge is 0.120 e. The molecule has 3 nitrogen and oxygen atoms in total. The molecule has 4 heteroatoms. The van der Waals surface area contributed by atoms with E-state index in [9.17, 15) is 10.2 Å². The van der Waals surface area contributed by atoms with Gasteiger partial charge in [-0.3, -0.25) is 0 Å². The number of nitrogens with one attached hydrogen (secondary N) is 1. The molecule has 0 saturated heterocycles. The van der Waals surface area contributed by atoms with E-state index in [0.29, 0.717) is 4.75 Å². The van der Waals surface area contributed by atoms with Crippen molar-refractivity contribution in [2.75, 3.05) is 12.8 Å². The molecule has 1 aliphatic carbocycles. The van der Waals surface area contributed by atoms with Crippen molar-refractivity contribution in [1.82, 2.24) is 5.32 Å². The number of hydrogen-bond acceptors (Lipinski definition) is 4. The zero-order chi connectivity index (χ0) is 14.6. The summed E-state index contributed by atoms with van der Waals surface area (Å²) in [6.45, 7) is 2.98. The zero-order valence-corrected chi connectivity index (χ0v) is 13.2. The molecule has 1 fully saturated rings. The zero-order valence-electron chi connectivity index (χ0n) is 12.4. The van der Waals surface area contributed by atoms with Gasteiger partial charge >= 0.3 is 0 Å². The van der Waals surface area contributed by atoms with E-state index in [4.69, 9.17) is 0 Å². The van der Waals surface area contributed by atoms with E-state index in [-0.39, 0.29) is 17.5 Å². The van der Waals surface area contributed by atoms with Crippen molar-refractivity contribution >= 4 is 11.8 Å². The van der Waals surface area contributed by atoms with Crippen LogP contribution in [0.3, 0.4) is 0 Å². The van der Waals surface area contributed by atoms with Crippen molar-refractivity contribution in [1.29, 1.82) is 0 Å². The molecule has 1 saturated carbocycles. The van der Waals surface area contributed by atoms with Crippen LogP contribution in [-0.4, -0.2) is 27.8 Å². The summed E-state index contributed by atoms with van der Waals surface area (Å²) in [4.78, 5) is 0. The first-order chi connectivity index (χ1) is 9.56. The summed E-state index contributed by atoms with van der Waals surface area (Å²) in [5.41, 5.74) is 0.761. The fourth-order valence-electron chi connectivity index (χ4n) is 2.99. The van der Waals surface area contributed by atoms with Gasteiger partial charge in [-0.1, -0.05) is 19.3 Å². The topological polar surface area (TPSA) is 52.5 Å². The molecule has 1 aromatic carbocycles. The minimum atomic E-state index is 0.0352. The minimum Gasteiger partial charge on any atom is -0.508 e. The SMILES string of the molecule is CSC1(CNC(C)c2cc(O)ccc2O)CCCCC1. The van der Waals surface area contributed by atoms with Gasteiger partial charge in [-0.2, -0.15) is 11.8 Å². The van der Waals surface area contributed by atoms with Crippen LogP contribution in [0.2, 0.25) is 0 Å². The van der Waals surface area contributed by atoms with Gasteiger partial charge in [0.1, 0.15) is 11.5 Å². The van der Waals surface area contributed by atoms with Crippen LogP contribution in [-0.2, 0) is 0 Å². The monoisotopic (exact) mass is 295 g/mol. The maximum atomic E-state index is 9.91. The summed E-state index contributed by atoms with van der Waals surface area (Å²) in [7, 11) is 0.